The molecule has 1 heterocycles. The van der Waals surface area contributed by atoms with Crippen LogP contribution in [0.4, 0.5) is 14.5 Å². The second kappa shape index (κ2) is 5.82. The van der Waals surface area contributed by atoms with Crippen LogP contribution in [0.1, 0.15) is 12.0 Å². The second-order valence-corrected chi connectivity index (χ2v) is 5.29. The van der Waals surface area contributed by atoms with Gasteiger partial charge in [0.1, 0.15) is 0 Å². The van der Waals surface area contributed by atoms with Gasteiger partial charge in [0.15, 0.2) is 11.6 Å². The summed E-state index contributed by atoms with van der Waals surface area (Å²) in [7, 11) is 0. The predicted octanol–water partition coefficient (Wildman–Crippen LogP) is 3.38. The summed E-state index contributed by atoms with van der Waals surface area (Å²) >= 11 is 0. The number of aliphatic hydroxyl groups excluding tert-OH is 1. The number of benzene rings is 2. The first-order valence-corrected chi connectivity index (χ1v) is 7.13. The predicted molar refractivity (Wildman–Crippen MR) is 79.4 cm³/mol. The number of hydrogen-bond donors (Lipinski definition) is 1. The van der Waals surface area contributed by atoms with Crippen LogP contribution >= 0.6 is 0 Å². The third-order valence-corrected chi connectivity index (χ3v) is 3.92. The minimum atomic E-state index is -0.828. The van der Waals surface area contributed by atoms with E-state index in [1.165, 1.54) is 11.6 Å². The van der Waals surface area contributed by atoms with Crippen molar-refractivity contribution < 1.29 is 13.9 Å². The highest BCUT2D eigenvalue weighted by molar-refractivity contribution is 5.69. The van der Waals surface area contributed by atoms with Gasteiger partial charge in [0.05, 0.1) is 6.61 Å². The first kappa shape index (κ1) is 14.0. The van der Waals surface area contributed by atoms with E-state index in [0.29, 0.717) is 12.1 Å². The number of nitrogens with zero attached hydrogens (tertiary/aromatic N) is 1. The molecule has 1 aliphatic heterocycles. The smallest absolute Gasteiger partial charge is 0.159 e. The van der Waals surface area contributed by atoms with Gasteiger partial charge in [-0.1, -0.05) is 12.1 Å². The Hall–Kier alpha value is -1.94. The summed E-state index contributed by atoms with van der Waals surface area (Å²) in [6, 6.07) is 9.93. The second-order valence-electron chi connectivity index (χ2n) is 5.29. The third kappa shape index (κ3) is 2.76. The molecule has 1 N–H and O–H groups in total. The zero-order valence-corrected chi connectivity index (χ0v) is 11.6. The molecule has 0 saturated heterocycles. The van der Waals surface area contributed by atoms with Gasteiger partial charge in [-0.15, -0.1) is 0 Å². The van der Waals surface area contributed by atoms with Crippen molar-refractivity contribution in [1.29, 1.82) is 0 Å². The van der Waals surface area contributed by atoms with Gasteiger partial charge in [-0.2, -0.15) is 0 Å². The van der Waals surface area contributed by atoms with Crippen molar-refractivity contribution in [1.82, 2.24) is 0 Å². The number of hydrogen-bond acceptors (Lipinski definition) is 2. The number of aryl methyl sites for hydroxylation is 1. The molecular weight excluding hydrogens is 272 g/mol. The highest BCUT2D eigenvalue weighted by atomic mass is 19.2. The molecule has 2 aromatic carbocycles. The SMILES string of the molecule is OCCN1CCCc2cc(-c3ccc(F)c(F)c3)ccc21. The van der Waals surface area contributed by atoms with Gasteiger partial charge in [-0.25, -0.2) is 8.78 Å². The zero-order valence-electron chi connectivity index (χ0n) is 11.6. The molecule has 0 saturated carbocycles. The molecule has 2 nitrogen and oxygen atoms in total. The first-order chi connectivity index (χ1) is 10.2. The standard InChI is InChI=1S/C17H17F2NO/c18-15-5-3-13(11-16(15)19)12-4-6-17-14(10-12)2-1-7-20(17)8-9-21/h3-6,10-11,21H,1-2,7-9H2. The third-order valence-electron chi connectivity index (χ3n) is 3.92. The van der Waals surface area contributed by atoms with E-state index in [0.717, 1.165) is 36.7 Å². The topological polar surface area (TPSA) is 23.5 Å². The lowest BCUT2D eigenvalue weighted by molar-refractivity contribution is 0.301. The molecule has 4 heteroatoms. The number of rotatable bonds is 3. The Kier molecular flexibility index (Phi) is 3.88. The van der Waals surface area contributed by atoms with E-state index < -0.39 is 11.6 Å². The van der Waals surface area contributed by atoms with E-state index in [1.54, 1.807) is 6.07 Å². The molecule has 1 aliphatic rings. The minimum Gasteiger partial charge on any atom is -0.395 e. The fraction of sp³-hybridized carbons (Fsp3) is 0.294. The number of halogens is 2. The summed E-state index contributed by atoms with van der Waals surface area (Å²) in [4.78, 5) is 2.16. The quantitative estimate of drug-likeness (QED) is 0.936. The zero-order chi connectivity index (χ0) is 14.8. The number of fused-ring (bicyclic) bond motifs is 1. The molecule has 3 rings (SSSR count). The van der Waals surface area contributed by atoms with E-state index in [-0.39, 0.29) is 6.61 Å². The van der Waals surface area contributed by atoms with Crippen LogP contribution in [0.2, 0.25) is 0 Å². The summed E-state index contributed by atoms with van der Waals surface area (Å²) in [5.74, 6) is -1.65. The van der Waals surface area contributed by atoms with Crippen molar-refractivity contribution in [3.63, 3.8) is 0 Å². The first-order valence-electron chi connectivity index (χ1n) is 7.13. The van der Waals surface area contributed by atoms with Gasteiger partial charge in [0.2, 0.25) is 0 Å². The average molecular weight is 289 g/mol. The van der Waals surface area contributed by atoms with Crippen LogP contribution in [0.25, 0.3) is 11.1 Å². The van der Waals surface area contributed by atoms with Gasteiger partial charge < -0.3 is 10.0 Å². The van der Waals surface area contributed by atoms with Crippen LogP contribution < -0.4 is 4.90 Å². The van der Waals surface area contributed by atoms with Crippen molar-refractivity contribution in [2.75, 3.05) is 24.6 Å². The van der Waals surface area contributed by atoms with Crippen LogP contribution in [0.3, 0.4) is 0 Å². The van der Waals surface area contributed by atoms with Crippen LogP contribution in [-0.4, -0.2) is 24.8 Å². The Balaban J connectivity index is 1.97. The van der Waals surface area contributed by atoms with E-state index in [4.69, 9.17) is 5.11 Å². The number of β-amino-alcohol motifs (C(OH)–C–C–N with tert-alkyl or cyclic N) is 1. The van der Waals surface area contributed by atoms with E-state index in [1.807, 2.05) is 18.2 Å². The highest BCUT2D eigenvalue weighted by Gasteiger charge is 2.17. The molecule has 21 heavy (non-hydrogen) atoms. The lowest BCUT2D eigenvalue weighted by Crippen LogP contribution is -2.31. The van der Waals surface area contributed by atoms with Crippen molar-refractivity contribution in [3.05, 3.63) is 53.6 Å². The fourth-order valence-corrected chi connectivity index (χ4v) is 2.88. The van der Waals surface area contributed by atoms with Gasteiger partial charge in [-0.05, 0) is 53.8 Å². The fourth-order valence-electron chi connectivity index (χ4n) is 2.88. The highest BCUT2D eigenvalue weighted by Crippen LogP contribution is 2.31. The van der Waals surface area contributed by atoms with Gasteiger partial charge >= 0.3 is 0 Å². The van der Waals surface area contributed by atoms with E-state index >= 15 is 0 Å². The van der Waals surface area contributed by atoms with E-state index in [2.05, 4.69) is 4.90 Å². The van der Waals surface area contributed by atoms with Gasteiger partial charge in [0.25, 0.3) is 0 Å². The van der Waals surface area contributed by atoms with Crippen LogP contribution in [0, 0.1) is 11.6 Å². The maximum atomic E-state index is 13.4. The number of anilines is 1. The number of aliphatic hydroxyl groups is 1. The van der Waals surface area contributed by atoms with E-state index in [9.17, 15) is 8.78 Å². The molecule has 0 amide bonds. The van der Waals surface area contributed by atoms with Crippen LogP contribution in [0.15, 0.2) is 36.4 Å². The summed E-state index contributed by atoms with van der Waals surface area (Å²) in [5.41, 5.74) is 3.88. The average Bonchev–Trinajstić information content (AvgIpc) is 2.50. The Bertz CT molecular complexity index is 657. The normalized spacial score (nSPS) is 14.1. The largest absolute Gasteiger partial charge is 0.395 e. The molecule has 0 radical (unpaired) electrons. The Morgan fingerprint density at radius 1 is 1.00 bits per heavy atom. The Morgan fingerprint density at radius 2 is 1.76 bits per heavy atom. The summed E-state index contributed by atoms with van der Waals surface area (Å²) in [6.07, 6.45) is 2.00. The lowest BCUT2D eigenvalue weighted by atomic mass is 9.96. The van der Waals surface area contributed by atoms with Crippen molar-refractivity contribution in [2.45, 2.75) is 12.8 Å². The molecule has 110 valence electrons. The van der Waals surface area contributed by atoms with Crippen molar-refractivity contribution >= 4 is 5.69 Å². The van der Waals surface area contributed by atoms with Gasteiger partial charge in [-0.3, -0.25) is 0 Å². The van der Waals surface area contributed by atoms with Crippen molar-refractivity contribution in [3.8, 4) is 11.1 Å². The molecular formula is C17H17F2NO. The summed E-state index contributed by atoms with van der Waals surface area (Å²) < 4.78 is 26.4. The maximum Gasteiger partial charge on any atom is 0.159 e. The lowest BCUT2D eigenvalue weighted by Gasteiger charge is -2.31. The molecule has 0 atom stereocenters. The summed E-state index contributed by atoms with van der Waals surface area (Å²) in [5, 5.41) is 9.11. The molecule has 2 aromatic rings. The van der Waals surface area contributed by atoms with Crippen LogP contribution in [-0.2, 0) is 6.42 Å². The molecule has 0 bridgehead atoms. The van der Waals surface area contributed by atoms with Crippen molar-refractivity contribution in [2.24, 2.45) is 0 Å². The molecule has 0 fully saturated rings. The molecule has 0 spiro atoms. The Morgan fingerprint density at radius 3 is 2.52 bits per heavy atom. The molecule has 0 aliphatic carbocycles. The Labute approximate surface area is 122 Å². The maximum absolute atomic E-state index is 13.4. The molecule has 0 unspecified atom stereocenters. The minimum absolute atomic E-state index is 0.129. The van der Waals surface area contributed by atoms with Crippen LogP contribution in [0.5, 0.6) is 0 Å². The summed E-state index contributed by atoms with van der Waals surface area (Å²) in [6.45, 7) is 1.69. The molecule has 0 aromatic heterocycles. The van der Waals surface area contributed by atoms with Gasteiger partial charge in [0, 0.05) is 18.8 Å². The monoisotopic (exact) mass is 289 g/mol.